The van der Waals surface area contributed by atoms with Crippen LogP contribution in [0.25, 0.3) is 0 Å². The number of carbonyl (C=O) groups excluding carboxylic acids is 2. The molecule has 176 valence electrons. The molecular weight excluding hydrogens is 442 g/mol. The zero-order valence-corrected chi connectivity index (χ0v) is 19.6. The number of hydrogen-bond acceptors (Lipinski definition) is 5. The SMILES string of the molecule is CCN(C(=O)CN1C(=O)COc2ccc(S(=O)(=O)N3CCCCCC3)cc21)c1ccccc1. The number of rotatable bonds is 6. The first-order valence-electron chi connectivity index (χ1n) is 11.3. The number of carbonyl (C=O) groups is 2. The topological polar surface area (TPSA) is 87.2 Å². The third-order valence-corrected chi connectivity index (χ3v) is 7.95. The Kier molecular flexibility index (Phi) is 6.99. The fraction of sp³-hybridized carbons (Fsp3) is 0.417. The molecule has 0 saturated carbocycles. The van der Waals surface area contributed by atoms with Crippen molar-refractivity contribution in [1.29, 1.82) is 0 Å². The largest absolute Gasteiger partial charge is 0.482 e. The fourth-order valence-electron chi connectivity index (χ4n) is 4.28. The zero-order chi connectivity index (χ0) is 23.4. The lowest BCUT2D eigenvalue weighted by Crippen LogP contribution is -2.46. The molecule has 0 spiro atoms. The quantitative estimate of drug-likeness (QED) is 0.646. The Labute approximate surface area is 194 Å². The molecule has 2 aliphatic heterocycles. The highest BCUT2D eigenvalue weighted by molar-refractivity contribution is 7.89. The molecule has 0 aliphatic carbocycles. The molecule has 2 amide bonds. The predicted octanol–water partition coefficient (Wildman–Crippen LogP) is 3.03. The molecule has 0 atom stereocenters. The number of hydrogen-bond donors (Lipinski definition) is 0. The van der Waals surface area contributed by atoms with Gasteiger partial charge in [-0.3, -0.25) is 14.5 Å². The summed E-state index contributed by atoms with van der Waals surface area (Å²) in [6, 6.07) is 13.8. The number of sulfonamides is 1. The molecule has 4 rings (SSSR count). The van der Waals surface area contributed by atoms with Crippen LogP contribution >= 0.6 is 0 Å². The van der Waals surface area contributed by atoms with Gasteiger partial charge >= 0.3 is 0 Å². The van der Waals surface area contributed by atoms with E-state index in [1.165, 1.54) is 21.3 Å². The molecule has 1 fully saturated rings. The van der Waals surface area contributed by atoms with E-state index in [0.717, 1.165) is 31.4 Å². The molecule has 2 heterocycles. The summed E-state index contributed by atoms with van der Waals surface area (Å²) in [6.45, 7) is 2.88. The lowest BCUT2D eigenvalue weighted by atomic mass is 10.2. The Hall–Kier alpha value is -2.91. The number of nitrogens with zero attached hydrogens (tertiary/aromatic N) is 3. The first-order chi connectivity index (χ1) is 15.9. The van der Waals surface area contributed by atoms with E-state index in [0.29, 0.717) is 31.1 Å². The molecule has 9 heteroatoms. The van der Waals surface area contributed by atoms with Crippen LogP contribution in [-0.4, -0.2) is 57.3 Å². The number of fused-ring (bicyclic) bond motifs is 1. The van der Waals surface area contributed by atoms with Crippen LogP contribution in [0.2, 0.25) is 0 Å². The molecule has 2 aromatic carbocycles. The minimum Gasteiger partial charge on any atom is -0.482 e. The molecule has 0 aromatic heterocycles. The van der Waals surface area contributed by atoms with Crippen LogP contribution in [0, 0.1) is 0 Å². The lowest BCUT2D eigenvalue weighted by Gasteiger charge is -2.31. The molecule has 0 unspecified atom stereocenters. The van der Waals surface area contributed by atoms with Gasteiger partial charge in [-0.1, -0.05) is 31.0 Å². The maximum absolute atomic E-state index is 13.3. The van der Waals surface area contributed by atoms with E-state index in [-0.39, 0.29) is 29.9 Å². The second-order valence-electron chi connectivity index (χ2n) is 8.19. The molecule has 0 N–H and O–H groups in total. The Morgan fingerprint density at radius 2 is 1.73 bits per heavy atom. The second kappa shape index (κ2) is 9.93. The van der Waals surface area contributed by atoms with Crippen molar-refractivity contribution in [2.45, 2.75) is 37.5 Å². The van der Waals surface area contributed by atoms with Gasteiger partial charge in [-0.2, -0.15) is 4.31 Å². The van der Waals surface area contributed by atoms with Crippen LogP contribution in [0.3, 0.4) is 0 Å². The predicted molar refractivity (Wildman–Crippen MR) is 126 cm³/mol. The van der Waals surface area contributed by atoms with E-state index < -0.39 is 10.0 Å². The number of para-hydroxylation sites is 1. The van der Waals surface area contributed by atoms with Gasteiger partial charge in [-0.15, -0.1) is 0 Å². The summed E-state index contributed by atoms with van der Waals surface area (Å²) in [5.41, 5.74) is 1.04. The Bertz CT molecular complexity index is 1110. The highest BCUT2D eigenvalue weighted by Gasteiger charge is 2.32. The van der Waals surface area contributed by atoms with Crippen molar-refractivity contribution in [1.82, 2.24) is 4.31 Å². The van der Waals surface area contributed by atoms with Crippen LogP contribution in [0.1, 0.15) is 32.6 Å². The highest BCUT2D eigenvalue weighted by Crippen LogP contribution is 2.35. The summed E-state index contributed by atoms with van der Waals surface area (Å²) >= 11 is 0. The first-order valence-corrected chi connectivity index (χ1v) is 12.8. The van der Waals surface area contributed by atoms with Crippen molar-refractivity contribution >= 4 is 33.2 Å². The Morgan fingerprint density at radius 3 is 2.39 bits per heavy atom. The molecule has 1 saturated heterocycles. The number of likely N-dealkylation sites (N-methyl/N-ethyl adjacent to an activating group) is 1. The molecule has 0 radical (unpaired) electrons. The maximum Gasteiger partial charge on any atom is 0.265 e. The molecule has 2 aliphatic rings. The van der Waals surface area contributed by atoms with E-state index in [1.54, 1.807) is 11.0 Å². The van der Waals surface area contributed by atoms with Crippen LogP contribution in [0.5, 0.6) is 5.75 Å². The second-order valence-corrected chi connectivity index (χ2v) is 10.1. The van der Waals surface area contributed by atoms with Gasteiger partial charge in [-0.25, -0.2) is 8.42 Å². The summed E-state index contributed by atoms with van der Waals surface area (Å²) in [4.78, 5) is 28.9. The number of amides is 2. The van der Waals surface area contributed by atoms with E-state index in [4.69, 9.17) is 4.74 Å². The number of ether oxygens (including phenoxy) is 1. The summed E-state index contributed by atoms with van der Waals surface area (Å²) in [7, 11) is -3.71. The van der Waals surface area contributed by atoms with Gasteiger partial charge in [0.2, 0.25) is 15.9 Å². The Morgan fingerprint density at radius 1 is 1.03 bits per heavy atom. The third-order valence-electron chi connectivity index (χ3n) is 6.05. The minimum atomic E-state index is -3.71. The van der Waals surface area contributed by atoms with Gasteiger partial charge in [0, 0.05) is 25.3 Å². The van der Waals surface area contributed by atoms with Crippen LogP contribution in [-0.2, 0) is 19.6 Å². The van der Waals surface area contributed by atoms with Crippen molar-refractivity contribution in [3.63, 3.8) is 0 Å². The number of anilines is 2. The normalized spacial score (nSPS) is 17.1. The van der Waals surface area contributed by atoms with Crippen LogP contribution in [0.4, 0.5) is 11.4 Å². The smallest absolute Gasteiger partial charge is 0.265 e. The molecule has 8 nitrogen and oxygen atoms in total. The summed E-state index contributed by atoms with van der Waals surface area (Å²) < 4.78 is 33.6. The molecular formula is C24H29N3O5S. The van der Waals surface area contributed by atoms with Gasteiger partial charge in [0.05, 0.1) is 10.6 Å². The van der Waals surface area contributed by atoms with Gasteiger partial charge < -0.3 is 9.64 Å². The van der Waals surface area contributed by atoms with Crippen molar-refractivity contribution in [3.8, 4) is 5.75 Å². The van der Waals surface area contributed by atoms with Crippen molar-refractivity contribution < 1.29 is 22.7 Å². The number of benzene rings is 2. The minimum absolute atomic E-state index is 0.106. The monoisotopic (exact) mass is 471 g/mol. The molecule has 2 aromatic rings. The zero-order valence-electron chi connectivity index (χ0n) is 18.8. The van der Waals surface area contributed by atoms with Crippen molar-refractivity contribution in [2.75, 3.05) is 42.6 Å². The third kappa shape index (κ3) is 4.89. The fourth-order valence-corrected chi connectivity index (χ4v) is 5.82. The average molecular weight is 472 g/mol. The van der Waals surface area contributed by atoms with Gasteiger partial charge in [-0.05, 0) is 50.1 Å². The summed E-state index contributed by atoms with van der Waals surface area (Å²) in [5.74, 6) is -0.255. The standard InChI is InChI=1S/C24H29N3O5S/c1-2-26(19-10-6-5-7-11-19)23(28)17-27-21-16-20(12-13-22(21)32-18-24(27)29)33(30,31)25-14-8-3-4-9-15-25/h5-7,10-13,16H,2-4,8-9,14-15,17-18H2,1H3. The van der Waals surface area contributed by atoms with Crippen LogP contribution in [0.15, 0.2) is 53.4 Å². The van der Waals surface area contributed by atoms with E-state index in [9.17, 15) is 18.0 Å². The van der Waals surface area contributed by atoms with E-state index >= 15 is 0 Å². The highest BCUT2D eigenvalue weighted by atomic mass is 32.2. The van der Waals surface area contributed by atoms with Crippen molar-refractivity contribution in [3.05, 3.63) is 48.5 Å². The van der Waals surface area contributed by atoms with Gasteiger partial charge in [0.15, 0.2) is 6.61 Å². The van der Waals surface area contributed by atoms with E-state index in [1.807, 2.05) is 37.3 Å². The summed E-state index contributed by atoms with van der Waals surface area (Å²) in [5, 5.41) is 0. The van der Waals surface area contributed by atoms with Crippen molar-refractivity contribution in [2.24, 2.45) is 0 Å². The molecule has 0 bridgehead atoms. The van der Waals surface area contributed by atoms with Gasteiger partial charge in [0.25, 0.3) is 5.91 Å². The Balaban J connectivity index is 1.63. The first kappa shape index (κ1) is 23.3. The lowest BCUT2D eigenvalue weighted by molar-refractivity contribution is -0.124. The maximum atomic E-state index is 13.3. The summed E-state index contributed by atoms with van der Waals surface area (Å²) in [6.07, 6.45) is 3.70. The molecule has 33 heavy (non-hydrogen) atoms. The van der Waals surface area contributed by atoms with E-state index in [2.05, 4.69) is 0 Å². The average Bonchev–Trinajstić information content (AvgIpc) is 3.12. The van der Waals surface area contributed by atoms with Crippen LogP contribution < -0.4 is 14.5 Å². The van der Waals surface area contributed by atoms with Gasteiger partial charge in [0.1, 0.15) is 12.3 Å².